The Kier molecular flexibility index (Phi) is 7.86. The van der Waals surface area contributed by atoms with Gasteiger partial charge in [0.1, 0.15) is 27.5 Å². The molecule has 0 aliphatic heterocycles. The molecule has 4 aromatic rings. The first kappa shape index (κ1) is 26.5. The van der Waals surface area contributed by atoms with Crippen LogP contribution in [0.4, 0.5) is 10.6 Å². The molecule has 0 bridgehead atoms. The van der Waals surface area contributed by atoms with Gasteiger partial charge in [-0.3, -0.25) is 4.72 Å². The van der Waals surface area contributed by atoms with Crippen molar-refractivity contribution in [2.75, 3.05) is 26.1 Å². The van der Waals surface area contributed by atoms with Gasteiger partial charge in [0.2, 0.25) is 5.88 Å². The zero-order chi connectivity index (χ0) is 27.3. The number of rotatable bonds is 10. The van der Waals surface area contributed by atoms with E-state index in [1.165, 1.54) is 33.6 Å². The fourth-order valence-electron chi connectivity index (χ4n) is 3.62. The van der Waals surface area contributed by atoms with E-state index in [9.17, 15) is 13.2 Å². The summed E-state index contributed by atoms with van der Waals surface area (Å²) in [7, 11) is 0.0176. The van der Waals surface area contributed by atoms with Gasteiger partial charge in [-0.1, -0.05) is 18.1 Å². The third-order valence-electron chi connectivity index (χ3n) is 5.53. The molecule has 0 saturated heterocycles. The number of nitrogens with one attached hydrogen (secondary N) is 2. The van der Waals surface area contributed by atoms with E-state index in [4.69, 9.17) is 18.7 Å². The number of hydrogen-bond donors (Lipinski definition) is 2. The number of carbonyl (C=O) groups excluding carboxylic acids is 1. The number of anilines is 1. The smallest absolute Gasteiger partial charge is 0.407 e. The quantitative estimate of drug-likeness (QED) is 0.297. The van der Waals surface area contributed by atoms with Crippen molar-refractivity contribution in [2.45, 2.75) is 24.8 Å². The highest BCUT2D eigenvalue weighted by Gasteiger charge is 2.25. The van der Waals surface area contributed by atoms with Crippen LogP contribution in [0.1, 0.15) is 18.1 Å². The number of amides is 1. The van der Waals surface area contributed by atoms with Crippen molar-refractivity contribution in [1.82, 2.24) is 15.5 Å². The predicted octanol–water partition coefficient (Wildman–Crippen LogP) is 4.25. The van der Waals surface area contributed by atoms with Crippen molar-refractivity contribution in [3.63, 3.8) is 0 Å². The number of alkyl carbamates (subject to hydrolysis) is 1. The number of nitrogens with zero attached hydrogens (tertiary/aromatic N) is 2. The monoisotopic (exact) mass is 542 g/mol. The average Bonchev–Trinajstić information content (AvgIpc) is 3.32. The molecular weight excluding hydrogens is 516 g/mol. The summed E-state index contributed by atoms with van der Waals surface area (Å²) < 4.78 is 55.6. The lowest BCUT2D eigenvalue weighted by atomic mass is 10.2. The fourth-order valence-corrected chi connectivity index (χ4v) is 4.84. The van der Waals surface area contributed by atoms with Gasteiger partial charge in [0.15, 0.2) is 11.4 Å². The second-order valence-electron chi connectivity index (χ2n) is 7.92. The van der Waals surface area contributed by atoms with E-state index in [1.807, 2.05) is 6.92 Å². The zero-order valence-corrected chi connectivity index (χ0v) is 21.9. The highest BCUT2D eigenvalue weighted by Crippen LogP contribution is 2.38. The molecule has 2 aromatic carbocycles. The molecule has 12 nitrogen and oxygen atoms in total. The standard InChI is InChI=1S/C25H26N4O8S/c1-5-15-6-7-18(33-2)21(10-15)38(31,32)29-24-23-19(34-3)12-17(13-20(23)37-28-24)36-22-11-16(8-9-26-22)14-27-25(30)35-4/h6-13H,5,14H2,1-4H3,(H,27,30)(H,28,29). The molecule has 0 aliphatic rings. The van der Waals surface area contributed by atoms with Gasteiger partial charge in [-0.15, -0.1) is 0 Å². The fraction of sp³-hybridized carbons (Fsp3) is 0.240. The molecule has 2 N–H and O–H groups in total. The summed E-state index contributed by atoms with van der Waals surface area (Å²) in [4.78, 5) is 15.5. The minimum absolute atomic E-state index is 0.0259. The number of methoxy groups -OCH3 is 3. The lowest BCUT2D eigenvalue weighted by Gasteiger charge is -2.12. The molecule has 200 valence electrons. The number of aryl methyl sites for hydroxylation is 1. The lowest BCUT2D eigenvalue weighted by molar-refractivity contribution is 0.170. The van der Waals surface area contributed by atoms with E-state index in [0.717, 1.165) is 11.1 Å². The van der Waals surface area contributed by atoms with Crippen molar-refractivity contribution in [3.8, 4) is 23.1 Å². The molecule has 0 radical (unpaired) electrons. The van der Waals surface area contributed by atoms with Crippen molar-refractivity contribution < 1.29 is 36.7 Å². The van der Waals surface area contributed by atoms with Crippen molar-refractivity contribution >= 4 is 32.9 Å². The lowest BCUT2D eigenvalue weighted by Crippen LogP contribution is -2.22. The Morgan fingerprint density at radius 3 is 2.50 bits per heavy atom. The normalized spacial score (nSPS) is 11.2. The molecule has 38 heavy (non-hydrogen) atoms. The van der Waals surface area contributed by atoms with Gasteiger partial charge in [-0.05, 0) is 35.7 Å². The first-order valence-electron chi connectivity index (χ1n) is 11.4. The number of benzene rings is 2. The van der Waals surface area contributed by atoms with E-state index in [1.54, 1.807) is 36.4 Å². The second kappa shape index (κ2) is 11.3. The van der Waals surface area contributed by atoms with Crippen LogP contribution >= 0.6 is 0 Å². The van der Waals surface area contributed by atoms with Gasteiger partial charge in [-0.25, -0.2) is 18.2 Å². The van der Waals surface area contributed by atoms with Crippen LogP contribution in [0, 0.1) is 0 Å². The molecule has 1 amide bonds. The third kappa shape index (κ3) is 5.72. The maximum atomic E-state index is 13.3. The van der Waals surface area contributed by atoms with Crippen molar-refractivity contribution in [2.24, 2.45) is 0 Å². The van der Waals surface area contributed by atoms with Crippen LogP contribution in [-0.4, -0.2) is 46.0 Å². The highest BCUT2D eigenvalue weighted by atomic mass is 32.2. The Balaban J connectivity index is 1.62. The minimum atomic E-state index is -4.09. The van der Waals surface area contributed by atoms with Gasteiger partial charge in [0, 0.05) is 30.9 Å². The number of pyridine rings is 1. The summed E-state index contributed by atoms with van der Waals surface area (Å²) in [5.74, 6) is 0.957. The van der Waals surface area contributed by atoms with Crippen LogP contribution in [0.15, 0.2) is 58.1 Å². The molecule has 0 spiro atoms. The Morgan fingerprint density at radius 1 is 1.00 bits per heavy atom. The molecule has 13 heteroatoms. The predicted molar refractivity (Wildman–Crippen MR) is 137 cm³/mol. The molecule has 2 aromatic heterocycles. The van der Waals surface area contributed by atoms with Crippen LogP contribution in [0.2, 0.25) is 0 Å². The second-order valence-corrected chi connectivity index (χ2v) is 9.57. The summed E-state index contributed by atoms with van der Waals surface area (Å²) in [6.07, 6.45) is 1.62. The van der Waals surface area contributed by atoms with E-state index in [0.29, 0.717) is 17.6 Å². The van der Waals surface area contributed by atoms with Crippen molar-refractivity contribution in [3.05, 3.63) is 59.8 Å². The molecule has 4 rings (SSSR count). The van der Waals surface area contributed by atoms with E-state index in [2.05, 4.69) is 24.9 Å². The molecular formula is C25H26N4O8S. The summed E-state index contributed by atoms with van der Waals surface area (Å²) in [6.45, 7) is 2.14. The molecule has 0 saturated carbocycles. The topological polar surface area (TPSA) is 151 Å². The van der Waals surface area contributed by atoms with E-state index in [-0.39, 0.29) is 40.2 Å². The van der Waals surface area contributed by atoms with Crippen molar-refractivity contribution in [1.29, 1.82) is 0 Å². The molecule has 0 atom stereocenters. The number of carbonyl (C=O) groups is 1. The van der Waals surface area contributed by atoms with Gasteiger partial charge >= 0.3 is 6.09 Å². The van der Waals surface area contributed by atoms with E-state index >= 15 is 0 Å². The molecule has 0 fully saturated rings. The average molecular weight is 543 g/mol. The Morgan fingerprint density at radius 2 is 1.79 bits per heavy atom. The number of hydrogen-bond acceptors (Lipinski definition) is 10. The first-order chi connectivity index (χ1) is 18.3. The minimum Gasteiger partial charge on any atom is -0.496 e. The number of sulfonamides is 1. The third-order valence-corrected chi connectivity index (χ3v) is 6.89. The van der Waals surface area contributed by atoms with Gasteiger partial charge in [0.25, 0.3) is 10.0 Å². The Bertz CT molecular complexity index is 1570. The van der Waals surface area contributed by atoms with Gasteiger partial charge in [0.05, 0.1) is 21.3 Å². The van der Waals surface area contributed by atoms with Crippen LogP contribution < -0.4 is 24.2 Å². The summed E-state index contributed by atoms with van der Waals surface area (Å²) in [5.41, 5.74) is 1.77. The maximum absolute atomic E-state index is 13.3. The summed E-state index contributed by atoms with van der Waals surface area (Å²) in [6, 6.07) is 11.4. The zero-order valence-electron chi connectivity index (χ0n) is 21.1. The maximum Gasteiger partial charge on any atom is 0.407 e. The van der Waals surface area contributed by atoms with Gasteiger partial charge < -0.3 is 28.8 Å². The number of ether oxygens (including phenoxy) is 4. The summed E-state index contributed by atoms with van der Waals surface area (Å²) >= 11 is 0. The highest BCUT2D eigenvalue weighted by molar-refractivity contribution is 7.92. The Hall–Kier alpha value is -4.52. The van der Waals surface area contributed by atoms with Crippen LogP contribution in [0.3, 0.4) is 0 Å². The molecule has 2 heterocycles. The molecule has 0 aliphatic carbocycles. The van der Waals surface area contributed by atoms with E-state index < -0.39 is 16.1 Å². The number of fused-ring (bicyclic) bond motifs is 1. The largest absolute Gasteiger partial charge is 0.496 e. The van der Waals surface area contributed by atoms with Crippen LogP contribution in [0.25, 0.3) is 11.0 Å². The van der Waals surface area contributed by atoms with Crippen LogP contribution in [0.5, 0.6) is 23.1 Å². The van der Waals surface area contributed by atoms with Gasteiger partial charge in [-0.2, -0.15) is 0 Å². The molecule has 0 unspecified atom stereocenters. The Labute approximate surface area is 218 Å². The van der Waals surface area contributed by atoms with Crippen LogP contribution in [-0.2, 0) is 27.7 Å². The first-order valence-corrected chi connectivity index (χ1v) is 12.9. The SMILES string of the molecule is CCc1ccc(OC)c(S(=O)(=O)Nc2noc3cc(Oc4cc(CNC(=O)OC)ccn4)cc(OC)c23)c1. The summed E-state index contributed by atoms with van der Waals surface area (Å²) in [5, 5.41) is 6.80. The number of aromatic nitrogens is 2.